The van der Waals surface area contributed by atoms with Crippen molar-refractivity contribution in [3.63, 3.8) is 0 Å². The zero-order chi connectivity index (χ0) is 15.6. The van der Waals surface area contributed by atoms with Crippen LogP contribution in [0.1, 0.15) is 12.5 Å². The van der Waals surface area contributed by atoms with Crippen molar-refractivity contribution in [2.24, 2.45) is 5.10 Å². The minimum absolute atomic E-state index is 0.129. The Morgan fingerprint density at radius 2 is 1.68 bits per heavy atom. The van der Waals surface area contributed by atoms with Crippen LogP contribution in [0.15, 0.2) is 59.7 Å². The van der Waals surface area contributed by atoms with E-state index in [1.165, 1.54) is 0 Å². The molecule has 0 aliphatic carbocycles. The summed E-state index contributed by atoms with van der Waals surface area (Å²) in [5.41, 5.74) is 3.33. The van der Waals surface area contributed by atoms with E-state index in [0.717, 1.165) is 5.56 Å². The number of nitrogens with one attached hydrogen (secondary N) is 1. The number of para-hydroxylation sites is 2. The molecule has 0 aliphatic heterocycles. The van der Waals surface area contributed by atoms with Crippen LogP contribution in [0.5, 0.6) is 11.5 Å². The quantitative estimate of drug-likeness (QED) is 0.631. The molecule has 2 aromatic carbocycles. The third-order valence-electron chi connectivity index (χ3n) is 2.71. The van der Waals surface area contributed by atoms with Gasteiger partial charge in [0, 0.05) is 0 Å². The van der Waals surface area contributed by atoms with Crippen molar-refractivity contribution in [2.45, 2.75) is 6.92 Å². The highest BCUT2D eigenvalue weighted by atomic mass is 16.5. The predicted molar refractivity (Wildman–Crippen MR) is 85.3 cm³/mol. The van der Waals surface area contributed by atoms with Gasteiger partial charge in [-0.05, 0) is 24.6 Å². The highest BCUT2D eigenvalue weighted by Gasteiger charge is 2.06. The van der Waals surface area contributed by atoms with E-state index in [4.69, 9.17) is 9.47 Å². The molecule has 0 aliphatic rings. The fraction of sp³-hybridized carbons (Fsp3) is 0.176. The summed E-state index contributed by atoms with van der Waals surface area (Å²) in [6.45, 7) is 2.30. The van der Waals surface area contributed by atoms with Gasteiger partial charge in [-0.25, -0.2) is 5.43 Å². The van der Waals surface area contributed by atoms with E-state index in [2.05, 4.69) is 10.5 Å². The average molecular weight is 298 g/mol. The fourth-order valence-corrected chi connectivity index (χ4v) is 1.74. The van der Waals surface area contributed by atoms with Crippen molar-refractivity contribution in [3.05, 3.63) is 60.2 Å². The van der Waals surface area contributed by atoms with Gasteiger partial charge in [0.25, 0.3) is 5.91 Å². The minimum atomic E-state index is -0.335. The summed E-state index contributed by atoms with van der Waals surface area (Å²) in [5, 5.41) is 3.88. The van der Waals surface area contributed by atoms with Crippen LogP contribution >= 0.6 is 0 Å². The van der Waals surface area contributed by atoms with Gasteiger partial charge in [-0.15, -0.1) is 0 Å². The van der Waals surface area contributed by atoms with Crippen LogP contribution in [0.4, 0.5) is 0 Å². The van der Waals surface area contributed by atoms with Gasteiger partial charge in [0.2, 0.25) is 0 Å². The molecule has 22 heavy (non-hydrogen) atoms. The molecule has 5 nitrogen and oxygen atoms in total. The first-order chi connectivity index (χ1) is 10.8. The van der Waals surface area contributed by atoms with Gasteiger partial charge in [-0.2, -0.15) is 5.10 Å². The molecule has 1 N–H and O–H groups in total. The highest BCUT2D eigenvalue weighted by Crippen LogP contribution is 2.26. The first-order valence-corrected chi connectivity index (χ1v) is 7.01. The largest absolute Gasteiger partial charge is 0.490 e. The third-order valence-corrected chi connectivity index (χ3v) is 2.71. The van der Waals surface area contributed by atoms with Crippen molar-refractivity contribution >= 4 is 12.1 Å². The van der Waals surface area contributed by atoms with Gasteiger partial charge in [0.1, 0.15) is 0 Å². The molecule has 0 fully saturated rings. The SMILES string of the molecule is CCOc1ccccc1OCC(=O)N/N=C/c1ccccc1. The molecule has 0 heterocycles. The second kappa shape index (κ2) is 8.46. The van der Waals surface area contributed by atoms with E-state index in [9.17, 15) is 4.79 Å². The lowest BCUT2D eigenvalue weighted by Crippen LogP contribution is -2.24. The number of hydrazone groups is 1. The van der Waals surface area contributed by atoms with Crippen LogP contribution < -0.4 is 14.9 Å². The van der Waals surface area contributed by atoms with Crippen LogP contribution in [0.2, 0.25) is 0 Å². The standard InChI is InChI=1S/C17H18N2O3/c1-2-21-15-10-6-7-11-16(15)22-13-17(20)19-18-12-14-8-4-3-5-9-14/h3-12H,2,13H2,1H3,(H,19,20)/b18-12+. The number of carbonyl (C=O) groups is 1. The van der Waals surface area contributed by atoms with Gasteiger partial charge in [-0.3, -0.25) is 4.79 Å². The molecule has 0 saturated heterocycles. The molecule has 114 valence electrons. The molecule has 0 atom stereocenters. The van der Waals surface area contributed by atoms with E-state index in [0.29, 0.717) is 18.1 Å². The Balaban J connectivity index is 1.82. The molecule has 1 amide bonds. The Bertz CT molecular complexity index is 627. The molecular weight excluding hydrogens is 280 g/mol. The Hall–Kier alpha value is -2.82. The number of carbonyl (C=O) groups excluding carboxylic acids is 1. The summed E-state index contributed by atoms with van der Waals surface area (Å²) in [6, 6.07) is 16.7. The van der Waals surface area contributed by atoms with Crippen molar-refractivity contribution in [3.8, 4) is 11.5 Å². The predicted octanol–water partition coefficient (Wildman–Crippen LogP) is 2.61. The third kappa shape index (κ3) is 4.94. The fourth-order valence-electron chi connectivity index (χ4n) is 1.74. The van der Waals surface area contributed by atoms with Gasteiger partial charge < -0.3 is 9.47 Å². The average Bonchev–Trinajstić information content (AvgIpc) is 2.55. The second-order valence-electron chi connectivity index (χ2n) is 4.37. The lowest BCUT2D eigenvalue weighted by molar-refractivity contribution is -0.123. The Kier molecular flexibility index (Phi) is 5.99. The van der Waals surface area contributed by atoms with Gasteiger partial charge in [0.05, 0.1) is 12.8 Å². The number of nitrogens with zero attached hydrogens (tertiary/aromatic N) is 1. The molecule has 0 bridgehead atoms. The van der Waals surface area contributed by atoms with Gasteiger partial charge >= 0.3 is 0 Å². The van der Waals surface area contributed by atoms with Gasteiger partial charge in [-0.1, -0.05) is 42.5 Å². The normalized spacial score (nSPS) is 10.4. The maximum Gasteiger partial charge on any atom is 0.277 e. The van der Waals surface area contributed by atoms with Crippen LogP contribution in [-0.4, -0.2) is 25.3 Å². The molecule has 2 rings (SSSR count). The molecule has 0 spiro atoms. The Morgan fingerprint density at radius 3 is 2.36 bits per heavy atom. The highest BCUT2D eigenvalue weighted by molar-refractivity contribution is 5.82. The number of ether oxygens (including phenoxy) is 2. The number of benzene rings is 2. The monoisotopic (exact) mass is 298 g/mol. The topological polar surface area (TPSA) is 59.9 Å². The molecule has 0 unspecified atom stereocenters. The molecule has 0 aromatic heterocycles. The molecular formula is C17H18N2O3. The smallest absolute Gasteiger partial charge is 0.277 e. The molecule has 0 radical (unpaired) electrons. The Morgan fingerprint density at radius 1 is 1.05 bits per heavy atom. The summed E-state index contributed by atoms with van der Waals surface area (Å²) in [7, 11) is 0. The maximum absolute atomic E-state index is 11.7. The van der Waals surface area contributed by atoms with Crippen molar-refractivity contribution in [1.82, 2.24) is 5.43 Å². The Labute approximate surface area is 129 Å². The maximum atomic E-state index is 11.7. The number of hydrogen-bond donors (Lipinski definition) is 1. The van der Waals surface area contributed by atoms with Crippen LogP contribution in [0.25, 0.3) is 0 Å². The van der Waals surface area contributed by atoms with E-state index >= 15 is 0 Å². The number of amides is 1. The summed E-state index contributed by atoms with van der Waals surface area (Å²) in [6.07, 6.45) is 1.58. The first-order valence-electron chi connectivity index (χ1n) is 7.01. The van der Waals surface area contributed by atoms with E-state index in [1.54, 1.807) is 18.3 Å². The molecule has 0 saturated carbocycles. The van der Waals surface area contributed by atoms with E-state index in [-0.39, 0.29) is 12.5 Å². The molecule has 5 heteroatoms. The van der Waals surface area contributed by atoms with Crippen LogP contribution in [-0.2, 0) is 4.79 Å². The lowest BCUT2D eigenvalue weighted by Gasteiger charge is -2.10. The van der Waals surface area contributed by atoms with Crippen LogP contribution in [0.3, 0.4) is 0 Å². The zero-order valence-corrected chi connectivity index (χ0v) is 12.4. The van der Waals surface area contributed by atoms with Gasteiger partial charge in [0.15, 0.2) is 18.1 Å². The number of hydrogen-bond acceptors (Lipinski definition) is 4. The van der Waals surface area contributed by atoms with Crippen molar-refractivity contribution in [2.75, 3.05) is 13.2 Å². The summed E-state index contributed by atoms with van der Waals surface area (Å²) in [5.74, 6) is 0.815. The first kappa shape index (κ1) is 15.6. The second-order valence-corrected chi connectivity index (χ2v) is 4.37. The minimum Gasteiger partial charge on any atom is -0.490 e. The molecule has 2 aromatic rings. The van der Waals surface area contributed by atoms with E-state index < -0.39 is 0 Å². The summed E-state index contributed by atoms with van der Waals surface area (Å²) >= 11 is 0. The summed E-state index contributed by atoms with van der Waals surface area (Å²) in [4.78, 5) is 11.7. The number of rotatable bonds is 7. The van der Waals surface area contributed by atoms with E-state index in [1.807, 2.05) is 49.4 Å². The summed E-state index contributed by atoms with van der Waals surface area (Å²) < 4.78 is 10.9. The van der Waals surface area contributed by atoms with Crippen LogP contribution in [0, 0.1) is 0 Å². The lowest BCUT2D eigenvalue weighted by atomic mass is 10.2. The zero-order valence-electron chi connectivity index (χ0n) is 12.4. The van der Waals surface area contributed by atoms with Crippen molar-refractivity contribution in [1.29, 1.82) is 0 Å². The van der Waals surface area contributed by atoms with Crippen molar-refractivity contribution < 1.29 is 14.3 Å².